The summed E-state index contributed by atoms with van der Waals surface area (Å²) >= 11 is 3.13. The summed E-state index contributed by atoms with van der Waals surface area (Å²) in [5.74, 6) is -1.23. The van der Waals surface area contributed by atoms with Gasteiger partial charge in [-0.3, -0.25) is 9.59 Å². The van der Waals surface area contributed by atoms with Crippen molar-refractivity contribution >= 4 is 44.7 Å². The second-order valence-corrected chi connectivity index (χ2v) is 9.66. The molecule has 0 unspecified atom stereocenters. The van der Waals surface area contributed by atoms with E-state index in [0.717, 1.165) is 16.5 Å². The number of amides is 2. The molecule has 0 saturated carbocycles. The van der Waals surface area contributed by atoms with Gasteiger partial charge in [0, 0.05) is 36.8 Å². The van der Waals surface area contributed by atoms with Gasteiger partial charge in [0.1, 0.15) is 17.2 Å². The van der Waals surface area contributed by atoms with Crippen LogP contribution in [0.25, 0.3) is 17.0 Å². The predicted octanol–water partition coefficient (Wildman–Crippen LogP) is 4.16. The van der Waals surface area contributed by atoms with Crippen molar-refractivity contribution in [2.45, 2.75) is 24.8 Å². The average Bonchev–Trinajstić information content (AvgIpc) is 3.25. The lowest BCUT2D eigenvalue weighted by Gasteiger charge is -2.39. The lowest BCUT2D eigenvalue weighted by molar-refractivity contribution is -0.141. The second-order valence-electron chi connectivity index (χ2n) is 8.81. The highest BCUT2D eigenvalue weighted by atomic mass is 79.9. The Balaban J connectivity index is 1.44. The second kappa shape index (κ2) is 10.7. The molecule has 6 nitrogen and oxygen atoms in total. The van der Waals surface area contributed by atoms with Gasteiger partial charge in [0.2, 0.25) is 11.8 Å². The Labute approximate surface area is 210 Å². The summed E-state index contributed by atoms with van der Waals surface area (Å²) in [4.78, 5) is 31.1. The third kappa shape index (κ3) is 5.79. The smallest absolute Gasteiger partial charge is 0.248 e. The maximum Gasteiger partial charge on any atom is 0.248 e. The fraction of sp³-hybridized carbons (Fsp3) is 0.308. The number of nitrogens with zero attached hydrogens (tertiary/aromatic N) is 1. The van der Waals surface area contributed by atoms with Crippen LogP contribution in [0.5, 0.6) is 0 Å². The number of aromatic amines is 1. The zero-order valence-electron chi connectivity index (χ0n) is 19.3. The van der Waals surface area contributed by atoms with Gasteiger partial charge in [0.15, 0.2) is 0 Å². The zero-order valence-corrected chi connectivity index (χ0v) is 20.9. The molecule has 2 amide bonds. The topological polar surface area (TPSA) is 77.2 Å². The number of nitrogens with one attached hydrogen (secondary N) is 3. The fourth-order valence-electron chi connectivity index (χ4n) is 4.42. The third-order valence-electron chi connectivity index (χ3n) is 6.39. The lowest BCUT2D eigenvalue weighted by Crippen LogP contribution is -2.63. The molecule has 184 valence electrons. The molecule has 1 aromatic heterocycles. The number of hydrogen-bond acceptors (Lipinski definition) is 3. The molecule has 1 fully saturated rings. The van der Waals surface area contributed by atoms with Crippen LogP contribution < -0.4 is 10.6 Å². The minimum atomic E-state index is -1.02. The quantitative estimate of drug-likeness (QED) is 0.391. The first-order valence-corrected chi connectivity index (χ1v) is 12.2. The number of likely N-dealkylation sites (N-methyl/N-ethyl adjacent to an activating group) is 1. The monoisotopic (exact) mass is 544 g/mol. The van der Waals surface area contributed by atoms with E-state index < -0.39 is 5.54 Å². The highest BCUT2D eigenvalue weighted by Gasteiger charge is 2.42. The van der Waals surface area contributed by atoms with Gasteiger partial charge in [-0.25, -0.2) is 8.78 Å². The van der Waals surface area contributed by atoms with E-state index in [1.807, 2.05) is 6.20 Å². The minimum Gasteiger partial charge on any atom is -0.361 e. The van der Waals surface area contributed by atoms with Crippen LogP contribution in [0.4, 0.5) is 8.78 Å². The van der Waals surface area contributed by atoms with Crippen molar-refractivity contribution in [2.75, 3.05) is 26.7 Å². The van der Waals surface area contributed by atoms with Crippen LogP contribution in [-0.4, -0.2) is 53.9 Å². The molecule has 0 bridgehead atoms. The third-order valence-corrected chi connectivity index (χ3v) is 7.00. The van der Waals surface area contributed by atoms with Gasteiger partial charge in [-0.15, -0.1) is 0 Å². The van der Waals surface area contributed by atoms with Gasteiger partial charge < -0.3 is 20.5 Å². The summed E-state index contributed by atoms with van der Waals surface area (Å²) in [5, 5.41) is 6.98. The summed E-state index contributed by atoms with van der Waals surface area (Å²) < 4.78 is 27.5. The number of benzene rings is 2. The number of halogens is 3. The van der Waals surface area contributed by atoms with Crippen molar-refractivity contribution in [2.24, 2.45) is 0 Å². The fourth-order valence-corrected chi connectivity index (χ4v) is 4.82. The molecule has 0 radical (unpaired) electrons. The van der Waals surface area contributed by atoms with Crippen molar-refractivity contribution in [1.29, 1.82) is 0 Å². The Morgan fingerprint density at radius 1 is 1.17 bits per heavy atom. The molecule has 0 atom stereocenters. The number of aromatic nitrogens is 1. The molecule has 1 aliphatic heterocycles. The number of rotatable bonds is 7. The van der Waals surface area contributed by atoms with Crippen molar-refractivity contribution in [3.63, 3.8) is 0 Å². The highest BCUT2D eigenvalue weighted by molar-refractivity contribution is 9.10. The van der Waals surface area contributed by atoms with E-state index in [4.69, 9.17) is 0 Å². The van der Waals surface area contributed by atoms with Crippen LogP contribution in [0.1, 0.15) is 24.0 Å². The van der Waals surface area contributed by atoms with Gasteiger partial charge >= 0.3 is 0 Å². The van der Waals surface area contributed by atoms with E-state index in [-0.39, 0.29) is 23.4 Å². The van der Waals surface area contributed by atoms with Gasteiger partial charge in [-0.05, 0) is 95.8 Å². The maximum atomic E-state index is 13.7. The summed E-state index contributed by atoms with van der Waals surface area (Å²) in [7, 11) is 1.72. The van der Waals surface area contributed by atoms with Crippen molar-refractivity contribution in [1.82, 2.24) is 20.5 Å². The van der Waals surface area contributed by atoms with Crippen LogP contribution in [-0.2, 0) is 16.0 Å². The van der Waals surface area contributed by atoms with Crippen molar-refractivity contribution < 1.29 is 18.4 Å². The number of piperidine rings is 1. The Kier molecular flexibility index (Phi) is 7.66. The number of fused-ring (bicyclic) bond motifs is 1. The Morgan fingerprint density at radius 3 is 2.69 bits per heavy atom. The summed E-state index contributed by atoms with van der Waals surface area (Å²) in [6.07, 6.45) is 6.26. The van der Waals surface area contributed by atoms with Gasteiger partial charge in [-0.2, -0.15) is 0 Å². The van der Waals surface area contributed by atoms with E-state index in [2.05, 4.69) is 31.5 Å². The van der Waals surface area contributed by atoms with E-state index >= 15 is 0 Å². The standard InChI is InChI=1S/C26H27BrF2N4O2/c1-33(13-8-18-16-31-23-6-4-19(28)15-20(18)23)25(35)26(9-11-30-12-10-26)32-24(34)7-3-17-2-5-22(29)21(27)14-17/h2-7,14-16,30-31H,8-13H2,1H3,(H,32,34). The molecule has 2 heterocycles. The molecular weight excluding hydrogens is 518 g/mol. The Morgan fingerprint density at radius 2 is 1.94 bits per heavy atom. The van der Waals surface area contributed by atoms with Crippen LogP contribution in [0, 0.1) is 11.6 Å². The van der Waals surface area contributed by atoms with Crippen molar-refractivity contribution in [3.8, 4) is 0 Å². The molecule has 0 aliphatic carbocycles. The number of H-pyrrole nitrogens is 1. The van der Waals surface area contributed by atoms with Crippen molar-refractivity contribution in [3.05, 3.63) is 75.9 Å². The van der Waals surface area contributed by atoms with Crippen LogP contribution in [0.15, 0.2) is 53.1 Å². The first-order valence-electron chi connectivity index (χ1n) is 11.4. The molecule has 1 saturated heterocycles. The first-order chi connectivity index (χ1) is 16.8. The van der Waals surface area contributed by atoms with E-state index in [1.165, 1.54) is 24.3 Å². The molecule has 3 N–H and O–H groups in total. The normalized spacial score (nSPS) is 15.4. The predicted molar refractivity (Wildman–Crippen MR) is 136 cm³/mol. The molecule has 3 aromatic rings. The molecule has 4 rings (SSSR count). The summed E-state index contributed by atoms with van der Waals surface area (Å²) in [6.45, 7) is 1.64. The zero-order chi connectivity index (χ0) is 25.0. The van der Waals surface area contributed by atoms with Gasteiger partial charge in [0.25, 0.3) is 0 Å². The van der Waals surface area contributed by atoms with Crippen LogP contribution >= 0.6 is 15.9 Å². The minimum absolute atomic E-state index is 0.156. The van der Waals surface area contributed by atoms with E-state index in [9.17, 15) is 18.4 Å². The van der Waals surface area contributed by atoms with Gasteiger partial charge in [0.05, 0.1) is 4.47 Å². The first kappa shape index (κ1) is 25.1. The number of carbonyl (C=O) groups excluding carboxylic acids is 2. The number of hydrogen-bond donors (Lipinski definition) is 3. The highest BCUT2D eigenvalue weighted by Crippen LogP contribution is 2.24. The maximum absolute atomic E-state index is 13.7. The van der Waals surface area contributed by atoms with Gasteiger partial charge in [-0.1, -0.05) is 6.07 Å². The Bertz CT molecular complexity index is 1270. The summed E-state index contributed by atoms with van der Waals surface area (Å²) in [5.41, 5.74) is 1.41. The molecule has 9 heteroatoms. The SMILES string of the molecule is CN(CCc1c[nH]c2ccc(F)cc12)C(=O)C1(NC(=O)C=Cc2ccc(F)c(Br)c2)CCNCC1. The lowest BCUT2D eigenvalue weighted by atomic mass is 9.86. The average molecular weight is 545 g/mol. The summed E-state index contributed by atoms with van der Waals surface area (Å²) in [6, 6.07) is 9.06. The van der Waals surface area contributed by atoms with Crippen LogP contribution in [0.2, 0.25) is 0 Å². The largest absolute Gasteiger partial charge is 0.361 e. The van der Waals surface area contributed by atoms with E-state index in [0.29, 0.717) is 48.9 Å². The van der Waals surface area contributed by atoms with Crippen LogP contribution in [0.3, 0.4) is 0 Å². The van der Waals surface area contributed by atoms with E-state index in [1.54, 1.807) is 36.2 Å². The molecular formula is C26H27BrF2N4O2. The molecule has 1 aliphatic rings. The molecule has 0 spiro atoms. The molecule has 35 heavy (non-hydrogen) atoms. The molecule has 2 aromatic carbocycles. The Hall–Kier alpha value is -3.04. The number of carbonyl (C=O) groups is 2.